The first-order chi connectivity index (χ1) is 13.9. The topological polar surface area (TPSA) is 82.6 Å². The second-order valence-electron chi connectivity index (χ2n) is 8.21. The van der Waals surface area contributed by atoms with Gasteiger partial charge in [0.15, 0.2) is 5.13 Å². The molecule has 0 atom stereocenters. The van der Waals surface area contributed by atoms with Crippen molar-refractivity contribution in [1.82, 2.24) is 14.2 Å². The summed E-state index contributed by atoms with van der Waals surface area (Å²) in [6.07, 6.45) is 10.6. The molecule has 2 aliphatic rings. The van der Waals surface area contributed by atoms with E-state index in [0.717, 1.165) is 30.6 Å². The van der Waals surface area contributed by atoms with Crippen molar-refractivity contribution < 1.29 is 13.2 Å². The Hall–Kier alpha value is -1.19. The summed E-state index contributed by atoms with van der Waals surface area (Å²) in [5.74, 6) is 0.202. The average Bonchev–Trinajstić information content (AvgIpc) is 2.92. The Labute approximate surface area is 178 Å². The molecule has 0 aromatic carbocycles. The van der Waals surface area contributed by atoms with Crippen molar-refractivity contribution in [2.75, 3.05) is 24.2 Å². The minimum Gasteiger partial charge on any atom is -0.318 e. The molecule has 3 rings (SSSR count). The highest BCUT2D eigenvalue weighted by atomic mass is 32.2. The van der Waals surface area contributed by atoms with Crippen LogP contribution in [0.25, 0.3) is 0 Å². The van der Waals surface area contributed by atoms with Gasteiger partial charge in [-0.2, -0.15) is 0 Å². The number of hydrogen-bond donors (Lipinski definition) is 1. The van der Waals surface area contributed by atoms with Gasteiger partial charge in [-0.1, -0.05) is 32.6 Å². The zero-order valence-electron chi connectivity index (χ0n) is 17.6. The van der Waals surface area contributed by atoms with Crippen LogP contribution in [0.15, 0.2) is 6.20 Å². The highest BCUT2D eigenvalue weighted by Crippen LogP contribution is 2.29. The highest BCUT2D eigenvalue weighted by molar-refractivity contribution is 7.89. The lowest BCUT2D eigenvalue weighted by atomic mass is 9.99. The van der Waals surface area contributed by atoms with Crippen LogP contribution in [-0.4, -0.2) is 59.6 Å². The third-order valence-electron chi connectivity index (χ3n) is 5.96. The smallest absolute Gasteiger partial charge is 0.318 e. The van der Waals surface area contributed by atoms with E-state index in [1.165, 1.54) is 24.2 Å². The molecule has 2 amide bonds. The predicted molar refractivity (Wildman–Crippen MR) is 118 cm³/mol. The zero-order chi connectivity index (χ0) is 20.9. The van der Waals surface area contributed by atoms with E-state index in [4.69, 9.17) is 0 Å². The molecule has 2 fully saturated rings. The minimum absolute atomic E-state index is 0.0761. The minimum atomic E-state index is -3.17. The molecule has 1 aliphatic heterocycles. The Kier molecular flexibility index (Phi) is 7.92. The number of thiazole rings is 1. The number of amides is 2. The molecule has 1 saturated carbocycles. The zero-order valence-corrected chi connectivity index (χ0v) is 19.2. The van der Waals surface area contributed by atoms with Crippen LogP contribution in [0.5, 0.6) is 0 Å². The molecule has 1 N–H and O–H groups in total. The number of aryl methyl sites for hydroxylation is 1. The van der Waals surface area contributed by atoms with E-state index < -0.39 is 10.0 Å². The number of sulfonamides is 1. The maximum absolute atomic E-state index is 13.3. The number of urea groups is 1. The molecule has 0 unspecified atom stereocenters. The molecule has 0 bridgehead atoms. The number of piperidine rings is 1. The van der Waals surface area contributed by atoms with E-state index in [0.29, 0.717) is 37.5 Å². The lowest BCUT2D eigenvalue weighted by Gasteiger charge is -2.41. The Morgan fingerprint density at radius 3 is 2.34 bits per heavy atom. The normalized spacial score (nSPS) is 20.3. The van der Waals surface area contributed by atoms with Crippen molar-refractivity contribution in [3.05, 3.63) is 11.1 Å². The number of hydrogen-bond acceptors (Lipinski definition) is 5. The first-order valence-electron chi connectivity index (χ1n) is 10.9. The summed E-state index contributed by atoms with van der Waals surface area (Å²) in [7, 11) is -3.17. The number of aromatic nitrogens is 1. The molecule has 2 heterocycles. The van der Waals surface area contributed by atoms with Crippen LogP contribution in [0.4, 0.5) is 9.93 Å². The van der Waals surface area contributed by atoms with Gasteiger partial charge in [-0.05, 0) is 39.0 Å². The number of nitrogens with one attached hydrogen (secondary N) is 1. The van der Waals surface area contributed by atoms with Gasteiger partial charge in [-0.15, -0.1) is 11.3 Å². The van der Waals surface area contributed by atoms with Crippen molar-refractivity contribution in [2.45, 2.75) is 83.7 Å². The van der Waals surface area contributed by atoms with Gasteiger partial charge in [-0.25, -0.2) is 22.5 Å². The third-order valence-corrected chi connectivity index (χ3v) is 8.86. The molecule has 1 aromatic rings. The fraction of sp³-hybridized carbons (Fsp3) is 0.800. The first kappa shape index (κ1) is 22.5. The molecular weight excluding hydrogens is 408 g/mol. The molecule has 9 heteroatoms. The third kappa shape index (κ3) is 5.92. The van der Waals surface area contributed by atoms with Gasteiger partial charge >= 0.3 is 6.03 Å². The van der Waals surface area contributed by atoms with Crippen molar-refractivity contribution in [3.8, 4) is 0 Å². The van der Waals surface area contributed by atoms with Crippen molar-refractivity contribution in [3.63, 3.8) is 0 Å². The molecule has 164 valence electrons. The van der Waals surface area contributed by atoms with Gasteiger partial charge in [0, 0.05) is 36.2 Å². The number of anilines is 1. The van der Waals surface area contributed by atoms with Crippen molar-refractivity contribution in [2.24, 2.45) is 0 Å². The molecule has 1 aliphatic carbocycles. The van der Waals surface area contributed by atoms with Gasteiger partial charge in [0.2, 0.25) is 10.0 Å². The molecule has 0 radical (unpaired) electrons. The monoisotopic (exact) mass is 442 g/mol. The summed E-state index contributed by atoms with van der Waals surface area (Å²) in [4.78, 5) is 20.6. The number of nitrogens with zero attached hydrogens (tertiary/aromatic N) is 3. The summed E-state index contributed by atoms with van der Waals surface area (Å²) >= 11 is 1.48. The number of rotatable bonds is 6. The van der Waals surface area contributed by atoms with Crippen molar-refractivity contribution in [1.29, 1.82) is 0 Å². The average molecular weight is 443 g/mol. The number of carbonyl (C=O) groups excluding carboxylic acids is 1. The molecular formula is C20H34N4O3S2. The Morgan fingerprint density at radius 2 is 1.79 bits per heavy atom. The molecule has 1 saturated heterocycles. The van der Waals surface area contributed by atoms with E-state index in [2.05, 4.69) is 10.3 Å². The van der Waals surface area contributed by atoms with Crippen molar-refractivity contribution >= 4 is 32.5 Å². The van der Waals surface area contributed by atoms with Gasteiger partial charge in [0.1, 0.15) is 0 Å². The Morgan fingerprint density at radius 1 is 1.17 bits per heavy atom. The molecule has 1 aromatic heterocycles. The van der Waals surface area contributed by atoms with Crippen LogP contribution < -0.4 is 5.32 Å². The van der Waals surface area contributed by atoms with E-state index in [1.54, 1.807) is 10.5 Å². The second-order valence-corrected chi connectivity index (χ2v) is 11.5. The quantitative estimate of drug-likeness (QED) is 0.669. The lowest BCUT2D eigenvalue weighted by molar-refractivity contribution is 0.116. The largest absolute Gasteiger partial charge is 0.324 e. The van der Waals surface area contributed by atoms with E-state index >= 15 is 0 Å². The molecule has 7 nitrogen and oxygen atoms in total. The predicted octanol–water partition coefficient (Wildman–Crippen LogP) is 4.21. The van der Waals surface area contributed by atoms with Crippen LogP contribution in [0, 0.1) is 6.92 Å². The van der Waals surface area contributed by atoms with E-state index in [-0.39, 0.29) is 23.9 Å². The van der Waals surface area contributed by atoms with Crippen LogP contribution >= 0.6 is 11.3 Å². The first-order valence-corrected chi connectivity index (χ1v) is 13.3. The van der Waals surface area contributed by atoms with Gasteiger partial charge in [-0.3, -0.25) is 5.32 Å². The van der Waals surface area contributed by atoms with Crippen LogP contribution in [0.2, 0.25) is 0 Å². The summed E-state index contributed by atoms with van der Waals surface area (Å²) in [6.45, 7) is 4.87. The fourth-order valence-electron chi connectivity index (χ4n) is 4.52. The Balaban J connectivity index is 1.72. The Bertz CT molecular complexity index is 764. The maximum Gasteiger partial charge on any atom is 0.324 e. The summed E-state index contributed by atoms with van der Waals surface area (Å²) in [5, 5.41) is 3.64. The van der Waals surface area contributed by atoms with E-state index in [9.17, 15) is 13.2 Å². The molecule has 0 spiro atoms. The second kappa shape index (κ2) is 10.2. The number of carbonyl (C=O) groups is 1. The van der Waals surface area contributed by atoms with Crippen LogP contribution in [0.3, 0.4) is 0 Å². The standard InChI is InChI=1S/C20H34N4O3S2/c1-3-14-29(26,27)23-12-10-18(11-13-23)24(17-8-6-4-5-7-9-17)20(25)22-19-21-15-16(2)28-19/h15,17-18H,3-14H2,1-2H3,(H,21,22,25). The highest BCUT2D eigenvalue weighted by Gasteiger charge is 2.36. The summed E-state index contributed by atoms with van der Waals surface area (Å²) in [5.41, 5.74) is 0. The van der Waals surface area contributed by atoms with Crippen LogP contribution in [-0.2, 0) is 10.0 Å². The summed E-state index contributed by atoms with van der Waals surface area (Å²) < 4.78 is 26.4. The SMILES string of the molecule is CCCS(=O)(=O)N1CCC(N(C(=O)Nc2ncc(C)s2)C2CCCCCC2)CC1. The fourth-order valence-corrected chi connectivity index (χ4v) is 6.72. The maximum atomic E-state index is 13.3. The van der Waals surface area contributed by atoms with Crippen LogP contribution in [0.1, 0.15) is 69.6 Å². The van der Waals surface area contributed by atoms with Gasteiger partial charge in [0.05, 0.1) is 5.75 Å². The lowest BCUT2D eigenvalue weighted by Crippen LogP contribution is -2.53. The van der Waals surface area contributed by atoms with E-state index in [1.807, 2.05) is 18.7 Å². The molecule has 29 heavy (non-hydrogen) atoms. The summed E-state index contributed by atoms with van der Waals surface area (Å²) in [6, 6.07) is 0.218. The van der Waals surface area contributed by atoms with Gasteiger partial charge in [0.25, 0.3) is 0 Å². The van der Waals surface area contributed by atoms with Gasteiger partial charge < -0.3 is 4.90 Å².